The molecule has 0 aliphatic carbocycles. The molecule has 0 aromatic heterocycles. The summed E-state index contributed by atoms with van der Waals surface area (Å²) in [6, 6.07) is 12.9. The molecule has 112 valence electrons. The van der Waals surface area contributed by atoms with Gasteiger partial charge in [-0.25, -0.2) is 0 Å². The van der Waals surface area contributed by atoms with E-state index in [0.29, 0.717) is 23.3 Å². The Hall–Kier alpha value is -2.55. The molecule has 3 rings (SSSR count). The van der Waals surface area contributed by atoms with E-state index in [1.807, 2.05) is 56.3 Å². The summed E-state index contributed by atoms with van der Waals surface area (Å²) >= 11 is 0. The Balaban J connectivity index is 2.04. The predicted molar refractivity (Wildman–Crippen MR) is 87.1 cm³/mol. The van der Waals surface area contributed by atoms with E-state index in [2.05, 4.69) is 0 Å². The van der Waals surface area contributed by atoms with Crippen molar-refractivity contribution in [3.63, 3.8) is 0 Å². The maximum Gasteiger partial charge on any atom is 0.171 e. The standard InChI is InChI=1S/C19H18O3/c1-19(2)12-16(21)18-14(10-15(20)11-17(18)22-19)9-8-13-6-4-3-5-7-13/h3-11,20H,12H2,1-2H3. The highest BCUT2D eigenvalue weighted by Gasteiger charge is 2.34. The topological polar surface area (TPSA) is 46.5 Å². The maximum atomic E-state index is 12.4. The van der Waals surface area contributed by atoms with Crippen molar-refractivity contribution in [3.8, 4) is 11.5 Å². The Morgan fingerprint density at radius 2 is 1.86 bits per heavy atom. The molecule has 0 amide bonds. The SMILES string of the molecule is CC1(C)CC(=O)c2c(C=Cc3ccccc3)cc(O)cc2O1. The van der Waals surface area contributed by atoms with Gasteiger partial charge in [0.2, 0.25) is 0 Å². The zero-order valence-electron chi connectivity index (χ0n) is 12.7. The van der Waals surface area contributed by atoms with Crippen molar-refractivity contribution in [2.24, 2.45) is 0 Å². The number of aromatic hydroxyl groups is 1. The molecule has 0 saturated carbocycles. The largest absolute Gasteiger partial charge is 0.508 e. The first-order valence-corrected chi connectivity index (χ1v) is 7.27. The van der Waals surface area contributed by atoms with Gasteiger partial charge in [0.25, 0.3) is 0 Å². The molecule has 3 nitrogen and oxygen atoms in total. The molecule has 0 bridgehead atoms. The number of carbonyl (C=O) groups is 1. The van der Waals surface area contributed by atoms with E-state index in [4.69, 9.17) is 4.74 Å². The minimum Gasteiger partial charge on any atom is -0.508 e. The fourth-order valence-corrected chi connectivity index (χ4v) is 2.69. The van der Waals surface area contributed by atoms with Gasteiger partial charge in [0.05, 0.1) is 12.0 Å². The first kappa shape index (κ1) is 14.4. The Labute approximate surface area is 129 Å². The molecule has 0 spiro atoms. The van der Waals surface area contributed by atoms with Crippen molar-refractivity contribution in [2.45, 2.75) is 25.9 Å². The Morgan fingerprint density at radius 3 is 2.59 bits per heavy atom. The number of hydrogen-bond donors (Lipinski definition) is 1. The third-order valence-electron chi connectivity index (χ3n) is 3.62. The van der Waals surface area contributed by atoms with Gasteiger partial charge < -0.3 is 9.84 Å². The highest BCUT2D eigenvalue weighted by Crippen LogP contribution is 2.38. The summed E-state index contributed by atoms with van der Waals surface area (Å²) in [7, 11) is 0. The van der Waals surface area contributed by atoms with Crippen molar-refractivity contribution >= 4 is 17.9 Å². The lowest BCUT2D eigenvalue weighted by Crippen LogP contribution is -2.36. The number of ketones is 1. The van der Waals surface area contributed by atoms with Gasteiger partial charge in [0.15, 0.2) is 5.78 Å². The van der Waals surface area contributed by atoms with E-state index in [0.717, 1.165) is 5.56 Å². The van der Waals surface area contributed by atoms with Gasteiger partial charge in [-0.05, 0) is 31.0 Å². The number of fused-ring (bicyclic) bond motifs is 1. The first-order valence-electron chi connectivity index (χ1n) is 7.27. The number of phenols is 1. The molecule has 3 heteroatoms. The first-order chi connectivity index (χ1) is 10.4. The monoisotopic (exact) mass is 294 g/mol. The number of hydrogen-bond acceptors (Lipinski definition) is 3. The van der Waals surface area contributed by atoms with Crippen LogP contribution in [0.3, 0.4) is 0 Å². The fraction of sp³-hybridized carbons (Fsp3) is 0.211. The van der Waals surface area contributed by atoms with E-state index in [1.165, 1.54) is 6.07 Å². The molecule has 0 atom stereocenters. The normalized spacial score (nSPS) is 16.4. The molecule has 1 heterocycles. The maximum absolute atomic E-state index is 12.4. The number of benzene rings is 2. The molecule has 2 aromatic carbocycles. The summed E-state index contributed by atoms with van der Waals surface area (Å²) in [6.07, 6.45) is 4.09. The minimum atomic E-state index is -0.543. The fourth-order valence-electron chi connectivity index (χ4n) is 2.69. The second kappa shape index (κ2) is 5.34. The summed E-state index contributed by atoms with van der Waals surface area (Å²) in [4.78, 5) is 12.4. The van der Waals surface area contributed by atoms with Crippen molar-refractivity contribution in [1.29, 1.82) is 0 Å². The van der Waals surface area contributed by atoms with Crippen LogP contribution in [-0.2, 0) is 0 Å². The second-order valence-electron chi connectivity index (χ2n) is 6.11. The number of Topliss-reactive ketones (excluding diaryl/α,β-unsaturated/α-hetero) is 1. The van der Waals surface area contributed by atoms with E-state index >= 15 is 0 Å². The third-order valence-corrected chi connectivity index (χ3v) is 3.62. The summed E-state index contributed by atoms with van der Waals surface area (Å²) in [5.41, 5.74) is 1.71. The second-order valence-corrected chi connectivity index (χ2v) is 6.11. The van der Waals surface area contributed by atoms with Gasteiger partial charge in [-0.1, -0.05) is 42.5 Å². The van der Waals surface area contributed by atoms with Crippen LogP contribution in [0.1, 0.15) is 41.8 Å². The Morgan fingerprint density at radius 1 is 1.14 bits per heavy atom. The summed E-state index contributed by atoms with van der Waals surface area (Å²) in [5.74, 6) is 0.588. The van der Waals surface area contributed by atoms with Gasteiger partial charge in [0, 0.05) is 6.07 Å². The highest BCUT2D eigenvalue weighted by atomic mass is 16.5. The summed E-state index contributed by atoms with van der Waals surface area (Å²) in [6.45, 7) is 3.74. The van der Waals surface area contributed by atoms with Crippen molar-refractivity contribution < 1.29 is 14.6 Å². The zero-order chi connectivity index (χ0) is 15.7. The van der Waals surface area contributed by atoms with Gasteiger partial charge >= 0.3 is 0 Å². The van der Waals surface area contributed by atoms with Gasteiger partial charge in [0.1, 0.15) is 17.1 Å². The molecule has 1 aliphatic heterocycles. The molecule has 1 aliphatic rings. The van der Waals surface area contributed by atoms with Crippen molar-refractivity contribution in [1.82, 2.24) is 0 Å². The van der Waals surface area contributed by atoms with Crippen molar-refractivity contribution in [3.05, 3.63) is 59.2 Å². The van der Waals surface area contributed by atoms with E-state index in [-0.39, 0.29) is 11.5 Å². The lowest BCUT2D eigenvalue weighted by Gasteiger charge is -2.32. The van der Waals surface area contributed by atoms with Crippen molar-refractivity contribution in [2.75, 3.05) is 0 Å². The molecular weight excluding hydrogens is 276 g/mol. The number of carbonyl (C=O) groups excluding carboxylic acids is 1. The molecule has 0 radical (unpaired) electrons. The van der Waals surface area contributed by atoms with Crippen LogP contribution in [0.15, 0.2) is 42.5 Å². The third kappa shape index (κ3) is 2.89. The lowest BCUT2D eigenvalue weighted by atomic mass is 9.90. The van der Waals surface area contributed by atoms with E-state index in [1.54, 1.807) is 6.07 Å². The zero-order valence-corrected chi connectivity index (χ0v) is 12.7. The minimum absolute atomic E-state index is 0.0407. The van der Waals surface area contributed by atoms with Crippen LogP contribution in [0, 0.1) is 0 Å². The van der Waals surface area contributed by atoms with Crippen LogP contribution in [0.2, 0.25) is 0 Å². The Bertz CT molecular complexity index is 743. The molecule has 22 heavy (non-hydrogen) atoms. The Kier molecular flexibility index (Phi) is 3.49. The quantitative estimate of drug-likeness (QED) is 0.840. The predicted octanol–water partition coefficient (Wildman–Crippen LogP) is 4.31. The van der Waals surface area contributed by atoms with Crippen LogP contribution in [0.25, 0.3) is 12.2 Å². The van der Waals surface area contributed by atoms with E-state index in [9.17, 15) is 9.90 Å². The van der Waals surface area contributed by atoms with Gasteiger partial charge in [-0.15, -0.1) is 0 Å². The average molecular weight is 294 g/mol. The highest BCUT2D eigenvalue weighted by molar-refractivity contribution is 6.04. The molecule has 2 aromatic rings. The van der Waals surface area contributed by atoms with Crippen LogP contribution >= 0.6 is 0 Å². The van der Waals surface area contributed by atoms with Crippen LogP contribution in [0.4, 0.5) is 0 Å². The number of ether oxygens (including phenoxy) is 1. The van der Waals surface area contributed by atoms with E-state index < -0.39 is 5.60 Å². The molecule has 0 saturated heterocycles. The summed E-state index contributed by atoms with van der Waals surface area (Å²) in [5, 5.41) is 9.90. The van der Waals surface area contributed by atoms with Crippen LogP contribution < -0.4 is 4.74 Å². The molecular formula is C19H18O3. The number of rotatable bonds is 2. The smallest absolute Gasteiger partial charge is 0.171 e. The lowest BCUT2D eigenvalue weighted by molar-refractivity contribution is 0.0618. The average Bonchev–Trinajstić information content (AvgIpc) is 2.43. The van der Waals surface area contributed by atoms with Crippen LogP contribution in [0.5, 0.6) is 11.5 Å². The summed E-state index contributed by atoms with van der Waals surface area (Å²) < 4.78 is 5.85. The molecule has 0 unspecified atom stereocenters. The van der Waals surface area contributed by atoms with Gasteiger partial charge in [-0.3, -0.25) is 4.79 Å². The van der Waals surface area contributed by atoms with Crippen LogP contribution in [-0.4, -0.2) is 16.5 Å². The molecule has 1 N–H and O–H groups in total. The number of phenolic OH excluding ortho intramolecular Hbond substituents is 1. The van der Waals surface area contributed by atoms with Gasteiger partial charge in [-0.2, -0.15) is 0 Å². The molecule has 0 fully saturated rings.